The van der Waals surface area contributed by atoms with Gasteiger partial charge in [-0.2, -0.15) is 0 Å². The summed E-state index contributed by atoms with van der Waals surface area (Å²) >= 11 is 0. The van der Waals surface area contributed by atoms with Gasteiger partial charge in [-0.15, -0.1) is 12.4 Å². The number of carbonyl (C=O) groups excluding carboxylic acids is 1. The maximum Gasteiger partial charge on any atom is 0.220 e. The highest BCUT2D eigenvalue weighted by Gasteiger charge is 2.19. The predicted octanol–water partition coefficient (Wildman–Crippen LogP) is 3.39. The van der Waals surface area contributed by atoms with E-state index in [0.29, 0.717) is 18.5 Å². The van der Waals surface area contributed by atoms with E-state index in [0.717, 1.165) is 38.6 Å². The molecule has 1 amide bonds. The third-order valence-electron chi connectivity index (χ3n) is 4.23. The summed E-state index contributed by atoms with van der Waals surface area (Å²) < 4.78 is 0. The van der Waals surface area contributed by atoms with Gasteiger partial charge < -0.3 is 10.6 Å². The van der Waals surface area contributed by atoms with Gasteiger partial charge in [-0.25, -0.2) is 0 Å². The molecule has 2 atom stereocenters. The van der Waals surface area contributed by atoms with Crippen molar-refractivity contribution in [2.45, 2.75) is 64.5 Å². The predicted molar refractivity (Wildman–Crippen MR) is 94.6 cm³/mol. The Morgan fingerprint density at radius 3 is 2.68 bits per heavy atom. The first-order valence-electron chi connectivity index (χ1n) is 8.22. The molecule has 0 aliphatic carbocycles. The van der Waals surface area contributed by atoms with Gasteiger partial charge in [0.05, 0.1) is 0 Å². The summed E-state index contributed by atoms with van der Waals surface area (Å²) in [6.07, 6.45) is 5.88. The molecule has 3 nitrogen and oxygen atoms in total. The number of carbonyl (C=O) groups is 1. The van der Waals surface area contributed by atoms with Gasteiger partial charge in [-0.3, -0.25) is 4.79 Å². The Morgan fingerprint density at radius 1 is 1.27 bits per heavy atom. The molecule has 22 heavy (non-hydrogen) atoms. The van der Waals surface area contributed by atoms with E-state index in [1.807, 2.05) is 0 Å². The molecule has 124 valence electrons. The third-order valence-corrected chi connectivity index (χ3v) is 4.23. The van der Waals surface area contributed by atoms with Crippen molar-refractivity contribution < 1.29 is 4.79 Å². The van der Waals surface area contributed by atoms with Crippen molar-refractivity contribution in [1.82, 2.24) is 10.6 Å². The van der Waals surface area contributed by atoms with Crippen LogP contribution in [0.3, 0.4) is 0 Å². The molecule has 0 radical (unpaired) electrons. The lowest BCUT2D eigenvalue weighted by Crippen LogP contribution is -2.46. The smallest absolute Gasteiger partial charge is 0.220 e. The van der Waals surface area contributed by atoms with E-state index in [1.54, 1.807) is 0 Å². The number of rotatable bonds is 6. The Kier molecular flexibility index (Phi) is 8.51. The third kappa shape index (κ3) is 6.80. The average molecular weight is 325 g/mol. The average Bonchev–Trinajstić information content (AvgIpc) is 2.45. The fraction of sp³-hybridized carbons (Fsp3) is 0.611. The Bertz CT molecular complexity index is 447. The molecule has 0 bridgehead atoms. The SMILES string of the molecule is Cc1ccc(CCCCC(=O)NC2CCNC(C)C2)cc1.Cl. The zero-order valence-corrected chi connectivity index (χ0v) is 14.5. The van der Waals surface area contributed by atoms with E-state index in [4.69, 9.17) is 0 Å². The van der Waals surface area contributed by atoms with E-state index in [9.17, 15) is 4.79 Å². The quantitative estimate of drug-likeness (QED) is 0.788. The van der Waals surface area contributed by atoms with Crippen molar-refractivity contribution in [2.24, 2.45) is 0 Å². The highest BCUT2D eigenvalue weighted by atomic mass is 35.5. The fourth-order valence-electron chi connectivity index (χ4n) is 2.93. The number of aryl methyl sites for hydroxylation is 2. The summed E-state index contributed by atoms with van der Waals surface area (Å²) in [5.41, 5.74) is 2.67. The minimum atomic E-state index is 0. The molecule has 2 rings (SSSR count). The van der Waals surface area contributed by atoms with Gasteiger partial charge in [-0.1, -0.05) is 29.8 Å². The van der Waals surface area contributed by atoms with Gasteiger partial charge >= 0.3 is 0 Å². The molecular formula is C18H29ClN2O. The number of hydrogen-bond donors (Lipinski definition) is 2. The van der Waals surface area contributed by atoms with Gasteiger partial charge in [-0.05, 0) is 58.1 Å². The highest BCUT2D eigenvalue weighted by Crippen LogP contribution is 2.10. The molecule has 1 saturated heterocycles. The lowest BCUT2D eigenvalue weighted by atomic mass is 10.0. The Hall–Kier alpha value is -1.06. The van der Waals surface area contributed by atoms with Crippen molar-refractivity contribution in [3.63, 3.8) is 0 Å². The first kappa shape index (κ1) is 19.0. The summed E-state index contributed by atoms with van der Waals surface area (Å²) in [4.78, 5) is 11.9. The summed E-state index contributed by atoms with van der Waals surface area (Å²) in [7, 11) is 0. The molecule has 1 aliphatic rings. The second-order valence-electron chi connectivity index (χ2n) is 6.34. The maximum atomic E-state index is 11.9. The number of unbranched alkanes of at least 4 members (excludes halogenated alkanes) is 1. The zero-order valence-electron chi connectivity index (χ0n) is 13.7. The highest BCUT2D eigenvalue weighted by molar-refractivity contribution is 5.85. The second-order valence-corrected chi connectivity index (χ2v) is 6.34. The minimum absolute atomic E-state index is 0. The molecule has 1 aromatic carbocycles. The van der Waals surface area contributed by atoms with Crippen LogP contribution < -0.4 is 10.6 Å². The molecule has 1 aliphatic heterocycles. The van der Waals surface area contributed by atoms with E-state index in [2.05, 4.69) is 48.7 Å². The van der Waals surface area contributed by atoms with Crippen LogP contribution in [0.15, 0.2) is 24.3 Å². The monoisotopic (exact) mass is 324 g/mol. The number of benzene rings is 1. The molecule has 1 heterocycles. The molecule has 0 aromatic heterocycles. The Balaban J connectivity index is 0.00000242. The molecule has 2 N–H and O–H groups in total. The molecule has 1 fully saturated rings. The zero-order chi connectivity index (χ0) is 15.1. The van der Waals surface area contributed by atoms with Crippen LogP contribution in [0.5, 0.6) is 0 Å². The van der Waals surface area contributed by atoms with Crippen LogP contribution in [-0.2, 0) is 11.2 Å². The number of nitrogens with one attached hydrogen (secondary N) is 2. The maximum absolute atomic E-state index is 11.9. The van der Waals surface area contributed by atoms with Crippen LogP contribution in [0.1, 0.15) is 50.2 Å². The first-order valence-corrected chi connectivity index (χ1v) is 8.22. The van der Waals surface area contributed by atoms with Gasteiger partial charge in [0.25, 0.3) is 0 Å². The number of halogens is 1. The normalized spacial score (nSPS) is 21.0. The standard InChI is InChI=1S/C18H28N2O.ClH/c1-14-7-9-16(10-8-14)5-3-4-6-18(21)20-17-11-12-19-15(2)13-17;/h7-10,15,17,19H,3-6,11-13H2,1-2H3,(H,20,21);1H. The van der Waals surface area contributed by atoms with Gasteiger partial charge in [0.15, 0.2) is 0 Å². The number of piperidine rings is 1. The first-order chi connectivity index (χ1) is 10.1. The summed E-state index contributed by atoms with van der Waals surface area (Å²) in [6, 6.07) is 9.56. The van der Waals surface area contributed by atoms with Crippen LogP contribution in [-0.4, -0.2) is 24.5 Å². The lowest BCUT2D eigenvalue weighted by Gasteiger charge is -2.28. The van der Waals surface area contributed by atoms with Crippen LogP contribution in [0.2, 0.25) is 0 Å². The Labute approximate surface area is 140 Å². The molecule has 2 unspecified atom stereocenters. The molecule has 4 heteroatoms. The van der Waals surface area contributed by atoms with Gasteiger partial charge in [0.1, 0.15) is 0 Å². The molecule has 1 aromatic rings. The van der Waals surface area contributed by atoms with Crippen LogP contribution in [0.4, 0.5) is 0 Å². The van der Waals surface area contributed by atoms with Crippen molar-refractivity contribution in [1.29, 1.82) is 0 Å². The van der Waals surface area contributed by atoms with Crippen molar-refractivity contribution in [3.05, 3.63) is 35.4 Å². The topological polar surface area (TPSA) is 41.1 Å². The van der Waals surface area contributed by atoms with Gasteiger partial charge in [0, 0.05) is 18.5 Å². The van der Waals surface area contributed by atoms with Crippen LogP contribution in [0.25, 0.3) is 0 Å². The van der Waals surface area contributed by atoms with Crippen LogP contribution >= 0.6 is 12.4 Å². The summed E-state index contributed by atoms with van der Waals surface area (Å²) in [6.45, 7) is 5.30. The van der Waals surface area contributed by atoms with Crippen molar-refractivity contribution in [2.75, 3.05) is 6.54 Å². The van der Waals surface area contributed by atoms with Crippen molar-refractivity contribution >= 4 is 18.3 Å². The van der Waals surface area contributed by atoms with E-state index in [1.165, 1.54) is 11.1 Å². The molecular weight excluding hydrogens is 296 g/mol. The fourth-order valence-corrected chi connectivity index (χ4v) is 2.93. The molecule has 0 spiro atoms. The number of amides is 1. The Morgan fingerprint density at radius 2 is 2.00 bits per heavy atom. The summed E-state index contributed by atoms with van der Waals surface area (Å²) in [5.74, 6) is 0.220. The van der Waals surface area contributed by atoms with E-state index in [-0.39, 0.29) is 18.3 Å². The van der Waals surface area contributed by atoms with E-state index < -0.39 is 0 Å². The largest absolute Gasteiger partial charge is 0.353 e. The van der Waals surface area contributed by atoms with E-state index >= 15 is 0 Å². The van der Waals surface area contributed by atoms with Crippen LogP contribution in [0, 0.1) is 6.92 Å². The number of hydrogen-bond acceptors (Lipinski definition) is 2. The minimum Gasteiger partial charge on any atom is -0.353 e. The molecule has 0 saturated carbocycles. The second kappa shape index (κ2) is 9.86. The van der Waals surface area contributed by atoms with Gasteiger partial charge in [0.2, 0.25) is 5.91 Å². The van der Waals surface area contributed by atoms with Crippen molar-refractivity contribution in [3.8, 4) is 0 Å². The summed E-state index contributed by atoms with van der Waals surface area (Å²) in [5, 5.41) is 6.58. The lowest BCUT2D eigenvalue weighted by molar-refractivity contribution is -0.122.